The first-order valence-corrected chi connectivity index (χ1v) is 8.05. The largest absolute Gasteiger partial charge is 0.507 e. The molecule has 2 N–H and O–H groups in total. The molecule has 0 aliphatic rings. The van der Waals surface area contributed by atoms with Gasteiger partial charge in [-0.15, -0.1) is 11.3 Å². The predicted octanol–water partition coefficient (Wildman–Crippen LogP) is 5.42. The predicted molar refractivity (Wildman–Crippen MR) is 91.1 cm³/mol. The zero-order valence-corrected chi connectivity index (χ0v) is 13.0. The number of nitrogens with one attached hydrogen (secondary N) is 1. The molecule has 0 fully saturated rings. The molecule has 1 aromatic heterocycles. The van der Waals surface area contributed by atoms with Crippen LogP contribution in [0.4, 0.5) is 5.69 Å². The van der Waals surface area contributed by atoms with Gasteiger partial charge in [-0.2, -0.15) is 0 Å². The number of rotatable bonds is 4. The summed E-state index contributed by atoms with van der Waals surface area (Å²) in [6.07, 6.45) is 0. The van der Waals surface area contributed by atoms with E-state index >= 15 is 0 Å². The molecule has 0 amide bonds. The molecule has 3 rings (SSSR count). The number of hydrogen-bond donors (Lipinski definition) is 2. The number of anilines is 1. The molecule has 0 aliphatic heterocycles. The van der Waals surface area contributed by atoms with Crippen LogP contribution in [0, 0.1) is 5.92 Å². The van der Waals surface area contributed by atoms with Crippen molar-refractivity contribution in [2.24, 2.45) is 5.92 Å². The molecule has 0 aliphatic carbocycles. The molecule has 2 nitrogen and oxygen atoms in total. The molecule has 0 bridgehead atoms. The monoisotopic (exact) mass is 297 g/mol. The van der Waals surface area contributed by atoms with Crippen LogP contribution in [-0.2, 0) is 0 Å². The Morgan fingerprint density at radius 2 is 1.71 bits per heavy atom. The minimum Gasteiger partial charge on any atom is -0.507 e. The van der Waals surface area contributed by atoms with E-state index in [4.69, 9.17) is 0 Å². The topological polar surface area (TPSA) is 32.3 Å². The smallest absolute Gasteiger partial charge is 0.123 e. The Balaban J connectivity index is 2.02. The Bertz CT molecular complexity index is 734. The van der Waals surface area contributed by atoms with Crippen molar-refractivity contribution in [2.75, 3.05) is 5.32 Å². The van der Waals surface area contributed by atoms with Crippen LogP contribution < -0.4 is 5.32 Å². The van der Waals surface area contributed by atoms with Gasteiger partial charge < -0.3 is 10.4 Å². The molecule has 0 radical (unpaired) electrons. The maximum atomic E-state index is 10.00. The second kappa shape index (κ2) is 5.78. The summed E-state index contributed by atoms with van der Waals surface area (Å²) in [4.78, 5) is 1.34. The van der Waals surface area contributed by atoms with E-state index in [1.807, 2.05) is 24.3 Å². The number of aromatic hydroxyl groups is 1. The van der Waals surface area contributed by atoms with E-state index in [0.29, 0.717) is 11.7 Å². The van der Waals surface area contributed by atoms with Crippen molar-refractivity contribution in [3.8, 4) is 5.75 Å². The van der Waals surface area contributed by atoms with Crippen LogP contribution in [0.2, 0.25) is 0 Å². The summed E-state index contributed by atoms with van der Waals surface area (Å²) < 4.78 is 0. The van der Waals surface area contributed by atoms with Crippen LogP contribution in [0.25, 0.3) is 10.8 Å². The lowest BCUT2D eigenvalue weighted by molar-refractivity contribution is 0.481. The van der Waals surface area contributed by atoms with Gasteiger partial charge in [-0.05, 0) is 29.5 Å². The number of benzene rings is 2. The van der Waals surface area contributed by atoms with E-state index in [2.05, 4.69) is 42.7 Å². The number of thiophene rings is 1. The van der Waals surface area contributed by atoms with Gasteiger partial charge in [0.1, 0.15) is 5.75 Å². The quantitative estimate of drug-likeness (QED) is 0.674. The van der Waals surface area contributed by atoms with Crippen molar-refractivity contribution in [1.82, 2.24) is 0 Å². The Morgan fingerprint density at radius 3 is 2.43 bits per heavy atom. The number of fused-ring (bicyclic) bond motifs is 1. The molecule has 2 aromatic carbocycles. The number of hydrogen-bond acceptors (Lipinski definition) is 3. The normalized spacial score (nSPS) is 12.7. The van der Waals surface area contributed by atoms with Gasteiger partial charge in [0.15, 0.2) is 0 Å². The highest BCUT2D eigenvalue weighted by Gasteiger charge is 2.17. The van der Waals surface area contributed by atoms with Gasteiger partial charge in [-0.3, -0.25) is 0 Å². The molecule has 3 heteroatoms. The molecule has 0 saturated carbocycles. The summed E-state index contributed by atoms with van der Waals surface area (Å²) in [6, 6.07) is 16.2. The van der Waals surface area contributed by atoms with Gasteiger partial charge in [0.05, 0.1) is 6.04 Å². The third-order valence-electron chi connectivity index (χ3n) is 3.73. The molecule has 0 spiro atoms. The highest BCUT2D eigenvalue weighted by molar-refractivity contribution is 7.10. The first kappa shape index (κ1) is 14.0. The van der Waals surface area contributed by atoms with Gasteiger partial charge in [0.2, 0.25) is 0 Å². The number of phenolic OH excluding ortho intramolecular Hbond substituents is 1. The van der Waals surface area contributed by atoms with Crippen LogP contribution in [0.1, 0.15) is 24.8 Å². The molecule has 21 heavy (non-hydrogen) atoms. The molecular weight excluding hydrogens is 278 g/mol. The minimum absolute atomic E-state index is 0.276. The summed E-state index contributed by atoms with van der Waals surface area (Å²) in [6.45, 7) is 4.44. The van der Waals surface area contributed by atoms with Crippen LogP contribution >= 0.6 is 11.3 Å². The lowest BCUT2D eigenvalue weighted by Crippen LogP contribution is -2.15. The van der Waals surface area contributed by atoms with E-state index in [1.54, 1.807) is 17.4 Å². The summed E-state index contributed by atoms with van der Waals surface area (Å²) in [5.41, 5.74) is 1.07. The molecule has 1 heterocycles. The molecule has 108 valence electrons. The van der Waals surface area contributed by atoms with Crippen LogP contribution in [0.15, 0.2) is 53.9 Å². The summed E-state index contributed by atoms with van der Waals surface area (Å²) >= 11 is 1.78. The first-order chi connectivity index (χ1) is 10.2. The first-order valence-electron chi connectivity index (χ1n) is 7.17. The zero-order valence-electron chi connectivity index (χ0n) is 12.2. The maximum absolute atomic E-state index is 10.00. The van der Waals surface area contributed by atoms with Gasteiger partial charge in [-0.25, -0.2) is 0 Å². The average molecular weight is 297 g/mol. The number of phenols is 1. The molecule has 0 saturated heterocycles. The lowest BCUT2D eigenvalue weighted by Gasteiger charge is -2.23. The summed E-state index contributed by atoms with van der Waals surface area (Å²) in [7, 11) is 0. The van der Waals surface area contributed by atoms with E-state index in [1.165, 1.54) is 4.88 Å². The molecule has 1 unspecified atom stereocenters. The standard InChI is InChI=1S/C18H19NOS/c1-12(2)18(17-10-5-11-21-17)19-15-8-3-7-14-13(15)6-4-9-16(14)20/h3-12,18-20H,1-2H3. The van der Waals surface area contributed by atoms with Gasteiger partial charge in [-0.1, -0.05) is 44.2 Å². The van der Waals surface area contributed by atoms with Crippen molar-refractivity contribution in [3.05, 3.63) is 58.8 Å². The fourth-order valence-electron chi connectivity index (χ4n) is 2.62. The molecular formula is C18H19NOS. The fourth-order valence-corrected chi connectivity index (χ4v) is 3.57. The second-order valence-electron chi connectivity index (χ2n) is 5.56. The van der Waals surface area contributed by atoms with Crippen molar-refractivity contribution < 1.29 is 5.11 Å². The lowest BCUT2D eigenvalue weighted by atomic mass is 10.0. The minimum atomic E-state index is 0.276. The third kappa shape index (κ3) is 2.74. The van der Waals surface area contributed by atoms with Crippen molar-refractivity contribution >= 4 is 27.8 Å². The van der Waals surface area contributed by atoms with Crippen LogP contribution in [-0.4, -0.2) is 5.11 Å². The molecule has 3 aromatic rings. The second-order valence-corrected chi connectivity index (χ2v) is 6.54. The maximum Gasteiger partial charge on any atom is 0.123 e. The summed E-state index contributed by atoms with van der Waals surface area (Å²) in [5, 5.41) is 17.7. The van der Waals surface area contributed by atoms with E-state index in [0.717, 1.165) is 16.5 Å². The SMILES string of the molecule is CC(C)C(Nc1cccc2c(O)cccc12)c1cccs1. The van der Waals surface area contributed by atoms with Crippen LogP contribution in [0.3, 0.4) is 0 Å². The zero-order chi connectivity index (χ0) is 14.8. The van der Waals surface area contributed by atoms with E-state index in [9.17, 15) is 5.11 Å². The average Bonchev–Trinajstić information content (AvgIpc) is 2.99. The van der Waals surface area contributed by atoms with Crippen LogP contribution in [0.5, 0.6) is 5.75 Å². The Labute approximate surface area is 129 Å². The van der Waals surface area contributed by atoms with Crippen molar-refractivity contribution in [2.45, 2.75) is 19.9 Å². The fraction of sp³-hybridized carbons (Fsp3) is 0.222. The highest BCUT2D eigenvalue weighted by Crippen LogP contribution is 2.35. The van der Waals surface area contributed by atoms with Gasteiger partial charge in [0, 0.05) is 21.3 Å². The highest BCUT2D eigenvalue weighted by atomic mass is 32.1. The third-order valence-corrected chi connectivity index (χ3v) is 4.68. The molecule has 1 atom stereocenters. The van der Waals surface area contributed by atoms with Crippen molar-refractivity contribution in [1.29, 1.82) is 0 Å². The van der Waals surface area contributed by atoms with E-state index < -0.39 is 0 Å². The Kier molecular flexibility index (Phi) is 3.84. The Morgan fingerprint density at radius 1 is 0.952 bits per heavy atom. The summed E-state index contributed by atoms with van der Waals surface area (Å²) in [5.74, 6) is 0.810. The van der Waals surface area contributed by atoms with E-state index in [-0.39, 0.29) is 6.04 Å². The van der Waals surface area contributed by atoms with Gasteiger partial charge >= 0.3 is 0 Å². The Hall–Kier alpha value is -2.00. The van der Waals surface area contributed by atoms with Crippen molar-refractivity contribution in [3.63, 3.8) is 0 Å². The van der Waals surface area contributed by atoms with Gasteiger partial charge in [0.25, 0.3) is 0 Å².